The maximum absolute atomic E-state index is 6.10. The molecule has 1 fully saturated rings. The van der Waals surface area contributed by atoms with E-state index in [0.29, 0.717) is 0 Å². The Bertz CT molecular complexity index is 423. The van der Waals surface area contributed by atoms with Gasteiger partial charge in [0.2, 0.25) is 0 Å². The molecule has 21 heavy (non-hydrogen) atoms. The summed E-state index contributed by atoms with van der Waals surface area (Å²) in [5, 5.41) is 0. The summed E-state index contributed by atoms with van der Waals surface area (Å²) in [6.07, 6.45) is 3.64. The van der Waals surface area contributed by atoms with Gasteiger partial charge in [0.15, 0.2) is 0 Å². The molecule has 4 heteroatoms. The van der Waals surface area contributed by atoms with E-state index in [-0.39, 0.29) is 17.9 Å². The zero-order chi connectivity index (χ0) is 14.6. The molecule has 0 amide bonds. The molecule has 1 heterocycles. The summed E-state index contributed by atoms with van der Waals surface area (Å²) >= 11 is 0. The van der Waals surface area contributed by atoms with Gasteiger partial charge in [0, 0.05) is 12.1 Å². The maximum atomic E-state index is 6.10. The predicted molar refractivity (Wildman–Crippen MR) is 91.4 cm³/mol. The second-order valence-electron chi connectivity index (χ2n) is 6.72. The second kappa shape index (κ2) is 8.02. The molecular formula is C17H29ClN2O. The number of methoxy groups -OCH3 is 1. The number of nitrogens with two attached hydrogens (primary N) is 1. The van der Waals surface area contributed by atoms with Crippen molar-refractivity contribution in [2.75, 3.05) is 26.7 Å². The quantitative estimate of drug-likeness (QED) is 0.908. The number of halogens is 1. The minimum Gasteiger partial charge on any atom is -0.496 e. The number of rotatable bonds is 5. The molecular weight excluding hydrogens is 284 g/mol. The van der Waals surface area contributed by atoms with E-state index >= 15 is 0 Å². The average Bonchev–Trinajstić information content (AvgIpc) is 2.40. The summed E-state index contributed by atoms with van der Waals surface area (Å²) in [6, 6.07) is 8.38. The van der Waals surface area contributed by atoms with Crippen LogP contribution in [0.2, 0.25) is 0 Å². The van der Waals surface area contributed by atoms with Gasteiger partial charge in [-0.25, -0.2) is 0 Å². The summed E-state index contributed by atoms with van der Waals surface area (Å²) in [4.78, 5) is 2.50. The average molecular weight is 313 g/mol. The third kappa shape index (κ3) is 5.85. The van der Waals surface area contributed by atoms with Crippen LogP contribution in [-0.2, 0) is 6.42 Å². The second-order valence-corrected chi connectivity index (χ2v) is 6.72. The standard InChI is InChI=1S/C17H28N2O.ClH/c1-17(2,18)13-19-10-8-14(9-11-19)12-15-6-4-5-7-16(15)20-3;/h4-7,14H,8-13,18H2,1-3H3;1H. The molecule has 1 aromatic rings. The van der Waals surface area contributed by atoms with E-state index in [9.17, 15) is 0 Å². The summed E-state index contributed by atoms with van der Waals surface area (Å²) < 4.78 is 5.45. The largest absolute Gasteiger partial charge is 0.496 e. The number of hydrogen-bond acceptors (Lipinski definition) is 3. The third-order valence-corrected chi connectivity index (χ3v) is 4.04. The van der Waals surface area contributed by atoms with Crippen LogP contribution in [0.3, 0.4) is 0 Å². The molecule has 120 valence electrons. The van der Waals surface area contributed by atoms with E-state index in [1.807, 2.05) is 6.07 Å². The van der Waals surface area contributed by atoms with Crippen LogP contribution in [0, 0.1) is 5.92 Å². The Balaban J connectivity index is 0.00000220. The van der Waals surface area contributed by atoms with Crippen molar-refractivity contribution in [1.29, 1.82) is 0 Å². The lowest BCUT2D eigenvalue weighted by atomic mass is 9.89. The maximum Gasteiger partial charge on any atom is 0.122 e. The van der Waals surface area contributed by atoms with Crippen LogP contribution >= 0.6 is 12.4 Å². The molecule has 0 atom stereocenters. The number of hydrogen-bond donors (Lipinski definition) is 1. The first kappa shape index (κ1) is 18.3. The Labute approximate surface area is 135 Å². The highest BCUT2D eigenvalue weighted by Gasteiger charge is 2.23. The number of piperidine rings is 1. The van der Waals surface area contributed by atoms with Gasteiger partial charge in [0.25, 0.3) is 0 Å². The van der Waals surface area contributed by atoms with Crippen LogP contribution in [0.5, 0.6) is 5.75 Å². The molecule has 0 aliphatic carbocycles. The van der Waals surface area contributed by atoms with Gasteiger partial charge in [-0.05, 0) is 63.7 Å². The van der Waals surface area contributed by atoms with Gasteiger partial charge in [0.1, 0.15) is 5.75 Å². The Hall–Kier alpha value is -0.770. The molecule has 1 aromatic carbocycles. The van der Waals surface area contributed by atoms with Crippen molar-refractivity contribution >= 4 is 12.4 Å². The Morgan fingerprint density at radius 1 is 1.24 bits per heavy atom. The first-order valence-corrected chi connectivity index (χ1v) is 7.61. The highest BCUT2D eigenvalue weighted by atomic mass is 35.5. The molecule has 0 spiro atoms. The summed E-state index contributed by atoms with van der Waals surface area (Å²) in [7, 11) is 1.75. The summed E-state index contributed by atoms with van der Waals surface area (Å²) in [6.45, 7) is 7.54. The van der Waals surface area contributed by atoms with E-state index in [1.165, 1.54) is 31.5 Å². The normalized spacial score (nSPS) is 17.3. The zero-order valence-corrected chi connectivity index (χ0v) is 14.3. The summed E-state index contributed by atoms with van der Waals surface area (Å²) in [5.41, 5.74) is 7.36. The van der Waals surface area contributed by atoms with Crippen molar-refractivity contribution in [3.8, 4) is 5.75 Å². The molecule has 0 radical (unpaired) electrons. The van der Waals surface area contributed by atoms with Crippen LogP contribution in [0.4, 0.5) is 0 Å². The molecule has 2 rings (SSSR count). The van der Waals surface area contributed by atoms with Crippen molar-refractivity contribution < 1.29 is 4.74 Å². The number of ether oxygens (including phenoxy) is 1. The van der Waals surface area contributed by atoms with Gasteiger partial charge < -0.3 is 15.4 Å². The van der Waals surface area contributed by atoms with Crippen LogP contribution in [0.25, 0.3) is 0 Å². The molecule has 0 bridgehead atoms. The minimum absolute atomic E-state index is 0. The van der Waals surface area contributed by atoms with Crippen LogP contribution in [0.1, 0.15) is 32.3 Å². The first-order valence-electron chi connectivity index (χ1n) is 7.61. The van der Waals surface area contributed by atoms with Crippen molar-refractivity contribution in [3.05, 3.63) is 29.8 Å². The number of likely N-dealkylation sites (tertiary alicyclic amines) is 1. The first-order chi connectivity index (χ1) is 9.48. The lowest BCUT2D eigenvalue weighted by Crippen LogP contribution is -2.48. The molecule has 1 aliphatic heterocycles. The van der Waals surface area contributed by atoms with Crippen LogP contribution in [-0.4, -0.2) is 37.2 Å². The molecule has 0 unspecified atom stereocenters. The van der Waals surface area contributed by atoms with Gasteiger partial charge in [-0.2, -0.15) is 0 Å². The third-order valence-electron chi connectivity index (χ3n) is 4.04. The van der Waals surface area contributed by atoms with Crippen molar-refractivity contribution in [3.63, 3.8) is 0 Å². The molecule has 0 saturated carbocycles. The number of nitrogens with zero attached hydrogens (tertiary/aromatic N) is 1. The van der Waals surface area contributed by atoms with Crippen molar-refractivity contribution in [2.45, 2.75) is 38.6 Å². The Kier molecular flexibility index (Phi) is 6.98. The van der Waals surface area contributed by atoms with E-state index in [2.05, 4.69) is 36.9 Å². The van der Waals surface area contributed by atoms with E-state index in [4.69, 9.17) is 10.5 Å². The highest BCUT2D eigenvalue weighted by molar-refractivity contribution is 5.85. The summed E-state index contributed by atoms with van der Waals surface area (Å²) in [5.74, 6) is 1.79. The van der Waals surface area contributed by atoms with Crippen molar-refractivity contribution in [1.82, 2.24) is 4.90 Å². The van der Waals surface area contributed by atoms with Gasteiger partial charge in [0.05, 0.1) is 7.11 Å². The number of benzene rings is 1. The molecule has 2 N–H and O–H groups in total. The van der Waals surface area contributed by atoms with Gasteiger partial charge in [-0.15, -0.1) is 12.4 Å². The molecule has 3 nitrogen and oxygen atoms in total. The molecule has 1 saturated heterocycles. The lowest BCUT2D eigenvalue weighted by molar-refractivity contribution is 0.157. The van der Waals surface area contributed by atoms with E-state index in [1.54, 1.807) is 7.11 Å². The van der Waals surface area contributed by atoms with E-state index < -0.39 is 0 Å². The van der Waals surface area contributed by atoms with Gasteiger partial charge >= 0.3 is 0 Å². The zero-order valence-electron chi connectivity index (χ0n) is 13.5. The van der Waals surface area contributed by atoms with Crippen LogP contribution < -0.4 is 10.5 Å². The monoisotopic (exact) mass is 312 g/mol. The van der Waals surface area contributed by atoms with E-state index in [0.717, 1.165) is 24.6 Å². The fourth-order valence-corrected chi connectivity index (χ4v) is 3.11. The highest BCUT2D eigenvalue weighted by Crippen LogP contribution is 2.26. The molecule has 1 aliphatic rings. The van der Waals surface area contributed by atoms with Gasteiger partial charge in [-0.1, -0.05) is 18.2 Å². The van der Waals surface area contributed by atoms with Gasteiger partial charge in [-0.3, -0.25) is 0 Å². The Morgan fingerprint density at radius 3 is 2.43 bits per heavy atom. The lowest BCUT2D eigenvalue weighted by Gasteiger charge is -2.36. The Morgan fingerprint density at radius 2 is 1.86 bits per heavy atom. The topological polar surface area (TPSA) is 38.5 Å². The smallest absolute Gasteiger partial charge is 0.122 e. The number of para-hydroxylation sites is 1. The minimum atomic E-state index is -0.0878. The fraction of sp³-hybridized carbons (Fsp3) is 0.647. The van der Waals surface area contributed by atoms with Crippen LogP contribution in [0.15, 0.2) is 24.3 Å². The van der Waals surface area contributed by atoms with Crippen molar-refractivity contribution in [2.24, 2.45) is 11.7 Å². The predicted octanol–water partition coefficient (Wildman–Crippen LogP) is 3.11. The SMILES string of the molecule is COc1ccccc1CC1CCN(CC(C)(C)N)CC1.Cl. The fourth-order valence-electron chi connectivity index (χ4n) is 3.11. The molecule has 0 aromatic heterocycles.